The molecule has 0 saturated carbocycles. The van der Waals surface area contributed by atoms with E-state index in [0.29, 0.717) is 11.6 Å². The maximum Gasteiger partial charge on any atom is 0.239 e. The Morgan fingerprint density at radius 2 is 2.09 bits per heavy atom. The molecule has 22 heavy (non-hydrogen) atoms. The van der Waals surface area contributed by atoms with E-state index in [1.807, 2.05) is 41.8 Å². The van der Waals surface area contributed by atoms with Crippen LogP contribution in [0.15, 0.2) is 56.5 Å². The third kappa shape index (κ3) is 4.06. The van der Waals surface area contributed by atoms with Crippen LogP contribution in [0.4, 0.5) is 0 Å². The molecule has 1 aliphatic rings. The summed E-state index contributed by atoms with van der Waals surface area (Å²) in [4.78, 5) is 13.0. The molecule has 0 spiro atoms. The number of hydrogen-bond donors (Lipinski definition) is 1. The Balaban J connectivity index is 1.61. The first-order valence-electron chi connectivity index (χ1n) is 6.57. The van der Waals surface area contributed by atoms with Crippen LogP contribution >= 0.6 is 39.0 Å². The van der Waals surface area contributed by atoms with Gasteiger partial charge in [-0.25, -0.2) is 0 Å². The molecule has 7 heteroatoms. The van der Waals surface area contributed by atoms with E-state index in [0.717, 1.165) is 14.9 Å². The second-order valence-corrected chi connectivity index (χ2v) is 7.68. The first kappa shape index (κ1) is 15.5. The van der Waals surface area contributed by atoms with Crippen molar-refractivity contribution in [2.45, 2.75) is 11.7 Å². The maximum absolute atomic E-state index is 12.0. The van der Waals surface area contributed by atoms with Crippen LogP contribution in [0.3, 0.4) is 0 Å². The number of nitrogens with zero attached hydrogens (tertiary/aromatic N) is 2. The lowest BCUT2D eigenvalue weighted by atomic mass is 10.1. The molecular weight excluding hydrogens is 382 g/mol. The summed E-state index contributed by atoms with van der Waals surface area (Å²) in [7, 11) is 0. The van der Waals surface area contributed by atoms with Gasteiger partial charge >= 0.3 is 0 Å². The lowest BCUT2D eigenvalue weighted by Gasteiger charge is -2.05. The van der Waals surface area contributed by atoms with Crippen molar-refractivity contribution in [1.29, 1.82) is 0 Å². The van der Waals surface area contributed by atoms with E-state index < -0.39 is 0 Å². The van der Waals surface area contributed by atoms with Gasteiger partial charge in [0, 0.05) is 9.35 Å². The molecule has 3 rings (SSSR count). The molecule has 1 N–H and O–H groups in total. The number of hydrogen-bond acceptors (Lipinski definition) is 5. The first-order chi connectivity index (χ1) is 10.7. The molecule has 1 aromatic carbocycles. The van der Waals surface area contributed by atoms with Crippen LogP contribution in [-0.2, 0) is 11.2 Å². The molecule has 4 nitrogen and oxygen atoms in total. The highest BCUT2D eigenvalue weighted by molar-refractivity contribution is 9.10. The largest absolute Gasteiger partial charge is 0.303 e. The average molecular weight is 394 g/mol. The van der Waals surface area contributed by atoms with Crippen LogP contribution < -0.4 is 5.32 Å². The smallest absolute Gasteiger partial charge is 0.239 e. The summed E-state index contributed by atoms with van der Waals surface area (Å²) in [5, 5.41) is 13.2. The van der Waals surface area contributed by atoms with Crippen LogP contribution in [0.2, 0.25) is 0 Å². The van der Waals surface area contributed by atoms with Crippen molar-refractivity contribution in [2.75, 3.05) is 0 Å². The monoisotopic (exact) mass is 393 g/mol. The number of nitrogens with one attached hydrogen (secondary N) is 1. The minimum atomic E-state index is -0.156. The summed E-state index contributed by atoms with van der Waals surface area (Å²) in [5.74, 6) is -0.0157. The Morgan fingerprint density at radius 3 is 2.82 bits per heavy atom. The molecule has 0 bridgehead atoms. The molecule has 1 aromatic heterocycles. The van der Waals surface area contributed by atoms with Crippen molar-refractivity contribution in [3.05, 3.63) is 56.7 Å². The quantitative estimate of drug-likeness (QED) is 0.636. The zero-order valence-corrected chi connectivity index (χ0v) is 14.6. The lowest BCUT2D eigenvalue weighted by Crippen LogP contribution is -2.25. The molecule has 2 heterocycles. The number of halogens is 1. The van der Waals surface area contributed by atoms with Gasteiger partial charge in [-0.05, 0) is 35.6 Å². The van der Waals surface area contributed by atoms with E-state index in [-0.39, 0.29) is 11.2 Å². The number of benzene rings is 1. The molecule has 112 valence electrons. The minimum Gasteiger partial charge on any atom is -0.303 e. The van der Waals surface area contributed by atoms with Crippen LogP contribution in [0.1, 0.15) is 10.4 Å². The van der Waals surface area contributed by atoms with Gasteiger partial charge in [0.25, 0.3) is 0 Å². The van der Waals surface area contributed by atoms with Gasteiger partial charge in [0.15, 0.2) is 5.17 Å². The van der Waals surface area contributed by atoms with Crippen molar-refractivity contribution in [1.82, 2.24) is 5.32 Å². The fourth-order valence-corrected chi connectivity index (χ4v) is 3.73. The Labute approximate surface area is 144 Å². The van der Waals surface area contributed by atoms with E-state index in [1.54, 1.807) is 17.6 Å². The van der Waals surface area contributed by atoms with E-state index in [2.05, 4.69) is 31.4 Å². The Morgan fingerprint density at radius 1 is 1.27 bits per heavy atom. The van der Waals surface area contributed by atoms with Gasteiger partial charge < -0.3 is 5.32 Å². The molecule has 1 amide bonds. The van der Waals surface area contributed by atoms with Gasteiger partial charge in [-0.2, -0.15) is 5.10 Å². The second-order valence-electron chi connectivity index (χ2n) is 4.59. The van der Waals surface area contributed by atoms with E-state index in [9.17, 15) is 4.79 Å². The molecule has 1 fully saturated rings. The summed E-state index contributed by atoms with van der Waals surface area (Å²) in [6, 6.07) is 11.9. The normalized spacial score (nSPS) is 20.0. The zero-order valence-electron chi connectivity index (χ0n) is 11.4. The van der Waals surface area contributed by atoms with E-state index >= 15 is 0 Å². The predicted octanol–water partition coefficient (Wildman–Crippen LogP) is 3.67. The number of rotatable bonds is 4. The van der Waals surface area contributed by atoms with Crippen LogP contribution in [0.5, 0.6) is 0 Å². The molecule has 2 aromatic rings. The molecule has 1 aliphatic heterocycles. The molecule has 0 radical (unpaired) electrons. The van der Waals surface area contributed by atoms with Crippen molar-refractivity contribution in [3.8, 4) is 0 Å². The van der Waals surface area contributed by atoms with Gasteiger partial charge in [0.2, 0.25) is 5.91 Å². The molecule has 0 unspecified atom stereocenters. The summed E-state index contributed by atoms with van der Waals surface area (Å²) in [6.07, 6.45) is 2.36. The number of carbonyl (C=O) groups excluding carboxylic acids is 1. The Bertz CT molecular complexity index is 711. The standard InChI is InChI=1S/C15H12BrN3OS2/c16-11-5-3-10(4-6-11)8-13-14(20)18-15(22-13)19-17-9-12-2-1-7-21-12/h1-7,9,13H,8H2,(H,18,19,20)/b17-9-/t13-/m1/s1. The van der Waals surface area contributed by atoms with E-state index in [1.165, 1.54) is 11.8 Å². The van der Waals surface area contributed by atoms with E-state index in [4.69, 9.17) is 0 Å². The van der Waals surface area contributed by atoms with Gasteiger partial charge in [-0.1, -0.05) is 45.9 Å². The highest BCUT2D eigenvalue weighted by Crippen LogP contribution is 2.24. The van der Waals surface area contributed by atoms with Gasteiger partial charge in [0.1, 0.15) is 0 Å². The van der Waals surface area contributed by atoms with Crippen molar-refractivity contribution < 1.29 is 4.79 Å². The minimum absolute atomic E-state index is 0.0157. The molecule has 1 saturated heterocycles. The maximum atomic E-state index is 12.0. The van der Waals surface area contributed by atoms with Gasteiger partial charge in [-0.15, -0.1) is 16.4 Å². The van der Waals surface area contributed by atoms with Crippen molar-refractivity contribution in [3.63, 3.8) is 0 Å². The fourth-order valence-electron chi connectivity index (χ4n) is 1.92. The Kier molecular flexibility index (Phi) is 5.07. The highest BCUT2D eigenvalue weighted by Gasteiger charge is 2.30. The first-order valence-corrected chi connectivity index (χ1v) is 9.12. The predicted molar refractivity (Wildman–Crippen MR) is 96.7 cm³/mol. The number of amides is 1. The lowest BCUT2D eigenvalue weighted by molar-refractivity contribution is -0.118. The topological polar surface area (TPSA) is 53.8 Å². The van der Waals surface area contributed by atoms with Crippen LogP contribution in [0.25, 0.3) is 0 Å². The average Bonchev–Trinajstić information content (AvgIpc) is 3.12. The summed E-state index contributed by atoms with van der Waals surface area (Å²) >= 11 is 6.42. The fraction of sp³-hybridized carbons (Fsp3) is 0.133. The molecular formula is C15H12BrN3OS2. The number of amidine groups is 1. The summed E-state index contributed by atoms with van der Waals surface area (Å²) in [6.45, 7) is 0. The number of carbonyl (C=O) groups is 1. The SMILES string of the molecule is O=C1N/C(=N\N=C/c2cccs2)S[C@@H]1Cc1ccc(Br)cc1. The van der Waals surface area contributed by atoms with Crippen molar-refractivity contribution in [2.24, 2.45) is 10.2 Å². The Hall–Kier alpha value is -1.44. The second kappa shape index (κ2) is 7.21. The zero-order chi connectivity index (χ0) is 15.4. The highest BCUT2D eigenvalue weighted by atomic mass is 79.9. The third-order valence-electron chi connectivity index (χ3n) is 2.99. The van der Waals surface area contributed by atoms with Crippen LogP contribution in [0, 0.1) is 0 Å². The van der Waals surface area contributed by atoms with Gasteiger partial charge in [-0.3, -0.25) is 4.79 Å². The summed E-state index contributed by atoms with van der Waals surface area (Å²) in [5.41, 5.74) is 1.12. The van der Waals surface area contributed by atoms with Gasteiger partial charge in [0.05, 0.1) is 11.5 Å². The number of thiophene rings is 1. The van der Waals surface area contributed by atoms with Crippen LogP contribution in [-0.4, -0.2) is 22.5 Å². The summed E-state index contributed by atoms with van der Waals surface area (Å²) < 4.78 is 1.03. The molecule has 0 aliphatic carbocycles. The number of thioether (sulfide) groups is 1. The third-order valence-corrected chi connectivity index (χ3v) is 5.40. The van der Waals surface area contributed by atoms with Crippen molar-refractivity contribution >= 4 is 56.3 Å². The molecule has 1 atom stereocenters.